The van der Waals surface area contributed by atoms with Crippen molar-refractivity contribution in [3.05, 3.63) is 52.7 Å². The summed E-state index contributed by atoms with van der Waals surface area (Å²) in [6.45, 7) is 1.77. The smallest absolute Gasteiger partial charge is 0.254 e. The number of anilines is 1. The second kappa shape index (κ2) is 6.31. The van der Waals surface area contributed by atoms with E-state index in [9.17, 15) is 14.9 Å². The summed E-state index contributed by atoms with van der Waals surface area (Å²) >= 11 is 0. The number of hydrogen-bond acceptors (Lipinski definition) is 6. The monoisotopic (exact) mass is 331 g/mol. The van der Waals surface area contributed by atoms with Gasteiger partial charge in [0.15, 0.2) is 6.04 Å². The topological polar surface area (TPSA) is 98.7 Å². The van der Waals surface area contributed by atoms with Crippen LogP contribution in [0.3, 0.4) is 0 Å². The van der Waals surface area contributed by atoms with Crippen molar-refractivity contribution < 1.29 is 18.9 Å². The zero-order valence-electron chi connectivity index (χ0n) is 13.3. The van der Waals surface area contributed by atoms with Gasteiger partial charge in [-0.15, -0.1) is 0 Å². The molecule has 1 aliphatic heterocycles. The molecule has 0 aliphatic carbocycles. The average Bonchev–Trinajstić information content (AvgIpc) is 3.20. The highest BCUT2D eigenvalue weighted by atomic mass is 16.6. The molecule has 1 aliphatic rings. The van der Waals surface area contributed by atoms with E-state index in [4.69, 9.17) is 9.15 Å². The lowest BCUT2D eigenvalue weighted by Gasteiger charge is -2.22. The van der Waals surface area contributed by atoms with Gasteiger partial charge in [-0.3, -0.25) is 19.8 Å². The van der Waals surface area contributed by atoms with E-state index in [1.807, 2.05) is 0 Å². The molecule has 1 amide bonds. The van der Waals surface area contributed by atoms with Crippen LogP contribution in [0.5, 0.6) is 5.75 Å². The standard InChI is InChI=1S/C16H17N3O5/c1-3-12-13(19(21)22)14(15-17-8-9-24-15)18(16(12)20)10-4-6-11(23-2)7-5-10/h4-9,12-14H,3H2,1-2H3/t12-,13-,14-/m0/s1. The van der Waals surface area contributed by atoms with E-state index in [2.05, 4.69) is 4.98 Å². The van der Waals surface area contributed by atoms with Crippen molar-refractivity contribution in [2.45, 2.75) is 25.4 Å². The van der Waals surface area contributed by atoms with E-state index in [1.54, 1.807) is 38.3 Å². The Kier molecular flexibility index (Phi) is 4.20. The first-order valence-electron chi connectivity index (χ1n) is 7.58. The molecule has 0 saturated carbocycles. The van der Waals surface area contributed by atoms with Gasteiger partial charge in [-0.05, 0) is 30.7 Å². The number of carbonyl (C=O) groups is 1. The van der Waals surface area contributed by atoms with E-state index in [-0.39, 0.29) is 11.8 Å². The Morgan fingerprint density at radius 2 is 2.08 bits per heavy atom. The van der Waals surface area contributed by atoms with Crippen molar-refractivity contribution in [3.8, 4) is 5.75 Å². The van der Waals surface area contributed by atoms with Gasteiger partial charge in [0, 0.05) is 10.6 Å². The van der Waals surface area contributed by atoms with Gasteiger partial charge in [-0.2, -0.15) is 0 Å². The molecule has 0 unspecified atom stereocenters. The van der Waals surface area contributed by atoms with Crippen LogP contribution < -0.4 is 9.64 Å². The highest BCUT2D eigenvalue weighted by Crippen LogP contribution is 2.42. The number of rotatable bonds is 5. The molecule has 1 saturated heterocycles. The van der Waals surface area contributed by atoms with Gasteiger partial charge in [0.1, 0.15) is 17.9 Å². The zero-order chi connectivity index (χ0) is 17.3. The van der Waals surface area contributed by atoms with Crippen LogP contribution in [0, 0.1) is 16.0 Å². The lowest BCUT2D eigenvalue weighted by atomic mass is 9.96. The Balaban J connectivity index is 2.09. The molecule has 2 aromatic rings. The molecular weight excluding hydrogens is 314 g/mol. The second-order valence-corrected chi connectivity index (χ2v) is 5.51. The highest BCUT2D eigenvalue weighted by Gasteiger charge is 2.57. The van der Waals surface area contributed by atoms with Crippen LogP contribution in [0.2, 0.25) is 0 Å². The van der Waals surface area contributed by atoms with Crippen molar-refractivity contribution in [2.24, 2.45) is 5.92 Å². The number of amides is 1. The maximum absolute atomic E-state index is 12.8. The highest BCUT2D eigenvalue weighted by molar-refractivity contribution is 5.98. The van der Waals surface area contributed by atoms with Crippen LogP contribution in [0.1, 0.15) is 25.3 Å². The second-order valence-electron chi connectivity index (χ2n) is 5.51. The molecule has 2 heterocycles. The van der Waals surface area contributed by atoms with Crippen LogP contribution in [0.25, 0.3) is 0 Å². The predicted molar refractivity (Wildman–Crippen MR) is 84.3 cm³/mol. The summed E-state index contributed by atoms with van der Waals surface area (Å²) in [6.07, 6.45) is 3.14. The molecule has 1 aromatic carbocycles. The summed E-state index contributed by atoms with van der Waals surface area (Å²) in [5.74, 6) is -0.223. The number of ether oxygens (including phenoxy) is 1. The third-order valence-electron chi connectivity index (χ3n) is 4.31. The van der Waals surface area contributed by atoms with Crippen LogP contribution in [0.15, 0.2) is 41.1 Å². The number of nitro groups is 1. The Bertz CT molecular complexity index is 729. The molecule has 0 radical (unpaired) electrons. The Morgan fingerprint density at radius 1 is 1.38 bits per heavy atom. The third kappa shape index (κ3) is 2.49. The van der Waals surface area contributed by atoms with Gasteiger partial charge in [0.05, 0.1) is 13.3 Å². The first-order chi connectivity index (χ1) is 11.6. The van der Waals surface area contributed by atoms with Crippen molar-refractivity contribution in [1.29, 1.82) is 0 Å². The molecule has 8 nitrogen and oxygen atoms in total. The first kappa shape index (κ1) is 16.0. The summed E-state index contributed by atoms with van der Waals surface area (Å²) in [7, 11) is 1.54. The Morgan fingerprint density at radius 3 is 2.58 bits per heavy atom. The van der Waals surface area contributed by atoms with Crippen molar-refractivity contribution in [1.82, 2.24) is 4.98 Å². The van der Waals surface area contributed by atoms with Crippen molar-refractivity contribution >= 4 is 11.6 Å². The fourth-order valence-corrected chi connectivity index (χ4v) is 3.18. The van der Waals surface area contributed by atoms with E-state index in [1.165, 1.54) is 17.4 Å². The summed E-state index contributed by atoms with van der Waals surface area (Å²) in [6, 6.07) is 4.82. The minimum absolute atomic E-state index is 0.164. The molecule has 3 atom stereocenters. The van der Waals surface area contributed by atoms with Crippen LogP contribution >= 0.6 is 0 Å². The van der Waals surface area contributed by atoms with Crippen molar-refractivity contribution in [2.75, 3.05) is 12.0 Å². The van der Waals surface area contributed by atoms with Crippen LogP contribution in [0.4, 0.5) is 5.69 Å². The van der Waals surface area contributed by atoms with E-state index < -0.39 is 22.9 Å². The normalized spacial score (nSPS) is 23.5. The van der Waals surface area contributed by atoms with Gasteiger partial charge < -0.3 is 9.15 Å². The number of hydrogen-bond donors (Lipinski definition) is 0. The third-order valence-corrected chi connectivity index (χ3v) is 4.31. The molecule has 0 N–H and O–H groups in total. The SMILES string of the molecule is CC[C@@H]1C(=O)N(c2ccc(OC)cc2)[C@H](c2ncco2)[C@H]1[N+](=O)[O-]. The van der Waals surface area contributed by atoms with Gasteiger partial charge >= 0.3 is 0 Å². The molecule has 3 rings (SSSR count). The van der Waals surface area contributed by atoms with Gasteiger partial charge in [-0.1, -0.05) is 6.92 Å². The quantitative estimate of drug-likeness (QED) is 0.616. The number of nitrogens with zero attached hydrogens (tertiary/aromatic N) is 3. The van der Waals surface area contributed by atoms with E-state index in [0.717, 1.165) is 0 Å². The number of carbonyl (C=O) groups excluding carboxylic acids is 1. The molecule has 24 heavy (non-hydrogen) atoms. The molecule has 1 aromatic heterocycles. The molecule has 1 fully saturated rings. The van der Waals surface area contributed by atoms with Crippen LogP contribution in [-0.2, 0) is 4.79 Å². The maximum atomic E-state index is 12.8. The van der Waals surface area contributed by atoms with Gasteiger partial charge in [0.25, 0.3) is 6.04 Å². The Hall–Kier alpha value is -2.90. The Labute approximate surface area is 138 Å². The maximum Gasteiger partial charge on any atom is 0.254 e. The fraction of sp³-hybridized carbons (Fsp3) is 0.375. The summed E-state index contributed by atoms with van der Waals surface area (Å²) in [5.41, 5.74) is 0.548. The van der Waals surface area contributed by atoms with Crippen LogP contribution in [-0.4, -0.2) is 29.0 Å². The molecular formula is C16H17N3O5. The minimum atomic E-state index is -1.11. The molecule has 0 spiro atoms. The summed E-state index contributed by atoms with van der Waals surface area (Å²) in [4.78, 5) is 29.5. The van der Waals surface area contributed by atoms with Crippen molar-refractivity contribution in [3.63, 3.8) is 0 Å². The minimum Gasteiger partial charge on any atom is -0.497 e. The first-order valence-corrected chi connectivity index (χ1v) is 7.58. The predicted octanol–water partition coefficient (Wildman–Crippen LogP) is 2.44. The summed E-state index contributed by atoms with van der Waals surface area (Å²) in [5, 5.41) is 11.6. The lowest BCUT2D eigenvalue weighted by Crippen LogP contribution is -2.33. The van der Waals surface area contributed by atoms with E-state index >= 15 is 0 Å². The number of benzene rings is 1. The molecule has 126 valence electrons. The van der Waals surface area contributed by atoms with Gasteiger partial charge in [0.2, 0.25) is 11.8 Å². The fourth-order valence-electron chi connectivity index (χ4n) is 3.18. The largest absolute Gasteiger partial charge is 0.497 e. The van der Waals surface area contributed by atoms with E-state index in [0.29, 0.717) is 17.9 Å². The number of aromatic nitrogens is 1. The molecule has 8 heteroatoms. The molecule has 0 bridgehead atoms. The average molecular weight is 331 g/mol. The lowest BCUT2D eigenvalue weighted by molar-refractivity contribution is -0.531. The summed E-state index contributed by atoms with van der Waals surface area (Å²) < 4.78 is 10.4. The zero-order valence-corrected chi connectivity index (χ0v) is 13.3. The van der Waals surface area contributed by atoms with Gasteiger partial charge in [-0.25, -0.2) is 4.98 Å². The number of oxazole rings is 1. The number of methoxy groups -OCH3 is 1.